The fourth-order valence-electron chi connectivity index (χ4n) is 6.23. The molecular weight excluding hydrogens is 685 g/mol. The van der Waals surface area contributed by atoms with Crippen LogP contribution in [-0.2, 0) is 28.6 Å². The van der Waals surface area contributed by atoms with E-state index in [4.69, 9.17) is 14.2 Å². The Labute approximate surface area is 339 Å². The Morgan fingerprint density at radius 3 is 1.20 bits per heavy atom. The maximum Gasteiger partial charge on any atom is 0.306 e. The van der Waals surface area contributed by atoms with Gasteiger partial charge in [-0.3, -0.25) is 14.4 Å². The van der Waals surface area contributed by atoms with Crippen molar-refractivity contribution in [3.05, 3.63) is 48.6 Å². The normalized spacial score (nSPS) is 12.4. The SMILES string of the molecule is CCCC/C=C\CCCCCCCC(=O)OCC(COC(=O)CC/C=C\C/C=C\CCCCCCCC)OC(=O)CCCCC/C=C\CCCCCCCC. The highest BCUT2D eigenvalue weighted by Crippen LogP contribution is 2.12. The predicted molar refractivity (Wildman–Crippen MR) is 233 cm³/mol. The predicted octanol–water partition coefficient (Wildman–Crippen LogP) is 14.8. The highest BCUT2D eigenvalue weighted by molar-refractivity contribution is 5.71. The van der Waals surface area contributed by atoms with Crippen LogP contribution < -0.4 is 0 Å². The molecule has 0 aliphatic rings. The van der Waals surface area contributed by atoms with Gasteiger partial charge in [-0.05, 0) is 83.5 Å². The summed E-state index contributed by atoms with van der Waals surface area (Å²) in [5.41, 5.74) is 0. The first-order valence-corrected chi connectivity index (χ1v) is 23.1. The van der Waals surface area contributed by atoms with Crippen LogP contribution in [0.1, 0.15) is 226 Å². The lowest BCUT2D eigenvalue weighted by molar-refractivity contribution is -0.166. The van der Waals surface area contributed by atoms with Gasteiger partial charge in [0.25, 0.3) is 0 Å². The average molecular weight is 771 g/mol. The van der Waals surface area contributed by atoms with E-state index in [9.17, 15) is 14.4 Å². The summed E-state index contributed by atoms with van der Waals surface area (Å²) in [5.74, 6) is -0.998. The third-order valence-electron chi connectivity index (χ3n) is 9.79. The Hall–Kier alpha value is -2.63. The van der Waals surface area contributed by atoms with Crippen molar-refractivity contribution in [2.45, 2.75) is 232 Å². The van der Waals surface area contributed by atoms with Crippen LogP contribution in [0.5, 0.6) is 0 Å². The van der Waals surface area contributed by atoms with Gasteiger partial charge in [0.05, 0.1) is 0 Å². The summed E-state index contributed by atoms with van der Waals surface area (Å²) in [7, 11) is 0. The first-order chi connectivity index (χ1) is 27.0. The van der Waals surface area contributed by atoms with Crippen LogP contribution in [0, 0.1) is 0 Å². The molecule has 318 valence electrons. The largest absolute Gasteiger partial charge is 0.462 e. The van der Waals surface area contributed by atoms with Gasteiger partial charge in [-0.25, -0.2) is 0 Å². The molecule has 1 atom stereocenters. The first-order valence-electron chi connectivity index (χ1n) is 23.1. The summed E-state index contributed by atoms with van der Waals surface area (Å²) in [6.07, 6.45) is 51.0. The molecule has 0 aromatic heterocycles. The van der Waals surface area contributed by atoms with Gasteiger partial charge in [0.15, 0.2) is 6.10 Å². The van der Waals surface area contributed by atoms with Gasteiger partial charge in [-0.15, -0.1) is 0 Å². The van der Waals surface area contributed by atoms with E-state index in [1.54, 1.807) is 0 Å². The lowest BCUT2D eigenvalue weighted by atomic mass is 10.1. The Morgan fingerprint density at radius 2 is 0.709 bits per heavy atom. The van der Waals surface area contributed by atoms with Crippen LogP contribution >= 0.6 is 0 Å². The van der Waals surface area contributed by atoms with Gasteiger partial charge in [-0.2, -0.15) is 0 Å². The quantitative estimate of drug-likeness (QED) is 0.0267. The van der Waals surface area contributed by atoms with Crippen molar-refractivity contribution in [2.75, 3.05) is 13.2 Å². The van der Waals surface area contributed by atoms with Crippen LogP contribution in [0.2, 0.25) is 0 Å². The molecule has 0 bridgehead atoms. The summed E-state index contributed by atoms with van der Waals surface area (Å²) in [5, 5.41) is 0. The van der Waals surface area contributed by atoms with E-state index < -0.39 is 6.10 Å². The second kappa shape index (κ2) is 44.1. The lowest BCUT2D eigenvalue weighted by Crippen LogP contribution is -2.30. The molecule has 0 spiro atoms. The van der Waals surface area contributed by atoms with E-state index in [-0.39, 0.29) is 37.5 Å². The van der Waals surface area contributed by atoms with Crippen molar-refractivity contribution in [1.29, 1.82) is 0 Å². The lowest BCUT2D eigenvalue weighted by Gasteiger charge is -2.18. The third kappa shape index (κ3) is 42.4. The van der Waals surface area contributed by atoms with Crippen molar-refractivity contribution in [3.63, 3.8) is 0 Å². The summed E-state index contributed by atoms with van der Waals surface area (Å²) in [4.78, 5) is 37.7. The molecular formula is C49H86O6. The molecule has 6 heteroatoms. The van der Waals surface area contributed by atoms with Gasteiger partial charge in [0.2, 0.25) is 0 Å². The zero-order chi connectivity index (χ0) is 40.1. The van der Waals surface area contributed by atoms with E-state index in [1.807, 2.05) is 6.08 Å². The Kier molecular flexibility index (Phi) is 42.0. The highest BCUT2D eigenvalue weighted by Gasteiger charge is 2.19. The monoisotopic (exact) mass is 771 g/mol. The topological polar surface area (TPSA) is 78.9 Å². The van der Waals surface area contributed by atoms with E-state index in [2.05, 4.69) is 63.3 Å². The second-order valence-corrected chi connectivity index (χ2v) is 15.3. The number of hydrogen-bond acceptors (Lipinski definition) is 6. The first kappa shape index (κ1) is 52.4. The number of unbranched alkanes of at least 4 members (excludes halogenated alkanes) is 22. The average Bonchev–Trinajstić information content (AvgIpc) is 3.18. The molecule has 1 unspecified atom stereocenters. The minimum absolute atomic E-state index is 0.101. The molecule has 0 amide bonds. The van der Waals surface area contributed by atoms with Crippen LogP contribution in [0.15, 0.2) is 48.6 Å². The van der Waals surface area contributed by atoms with Gasteiger partial charge in [-0.1, -0.05) is 172 Å². The van der Waals surface area contributed by atoms with Crippen LogP contribution in [-0.4, -0.2) is 37.2 Å². The maximum atomic E-state index is 12.7. The summed E-state index contributed by atoms with van der Waals surface area (Å²) in [6, 6.07) is 0. The van der Waals surface area contributed by atoms with Gasteiger partial charge in [0.1, 0.15) is 13.2 Å². The molecule has 0 saturated carbocycles. The zero-order valence-electron chi connectivity index (χ0n) is 36.2. The highest BCUT2D eigenvalue weighted by atomic mass is 16.6. The van der Waals surface area contributed by atoms with E-state index in [1.165, 1.54) is 109 Å². The number of esters is 3. The summed E-state index contributed by atoms with van der Waals surface area (Å²) < 4.78 is 16.6. The molecule has 0 N–H and O–H groups in total. The van der Waals surface area contributed by atoms with Crippen molar-refractivity contribution < 1.29 is 28.6 Å². The Balaban J connectivity index is 4.48. The van der Waals surface area contributed by atoms with Gasteiger partial charge < -0.3 is 14.2 Å². The molecule has 55 heavy (non-hydrogen) atoms. The molecule has 0 aromatic rings. The number of hydrogen-bond donors (Lipinski definition) is 0. The summed E-state index contributed by atoms with van der Waals surface area (Å²) >= 11 is 0. The van der Waals surface area contributed by atoms with Crippen LogP contribution in [0.3, 0.4) is 0 Å². The number of ether oxygens (including phenoxy) is 3. The van der Waals surface area contributed by atoms with Crippen molar-refractivity contribution in [1.82, 2.24) is 0 Å². The number of carbonyl (C=O) groups excluding carboxylic acids is 3. The molecule has 0 heterocycles. The molecule has 0 saturated heterocycles. The Bertz CT molecular complexity index is 980. The van der Waals surface area contributed by atoms with Crippen LogP contribution in [0.25, 0.3) is 0 Å². The van der Waals surface area contributed by atoms with Crippen molar-refractivity contribution in [2.24, 2.45) is 0 Å². The minimum atomic E-state index is -0.803. The smallest absolute Gasteiger partial charge is 0.306 e. The molecule has 0 radical (unpaired) electrons. The fourth-order valence-corrected chi connectivity index (χ4v) is 6.23. The molecule has 0 rings (SSSR count). The maximum absolute atomic E-state index is 12.7. The standard InChI is InChI=1S/C49H86O6/c1-4-7-10-13-16-19-22-24-27-30-33-36-39-42-48(51)54-45-46(44-53-47(50)41-38-35-32-29-26-21-18-15-12-9-6-3)55-49(52)43-40-37-34-31-28-25-23-20-17-14-11-8-5-2/h15,18,24-25,27-28,33,36,46H,4-14,16-17,19-23,26,29-32,34-35,37-45H2,1-3H3/b18-15-,27-24-,28-25-,36-33-. The van der Waals surface area contributed by atoms with E-state index in [0.717, 1.165) is 70.6 Å². The number of rotatable bonds is 41. The van der Waals surface area contributed by atoms with Gasteiger partial charge in [0, 0.05) is 19.3 Å². The molecule has 0 aliphatic heterocycles. The molecule has 0 aliphatic carbocycles. The van der Waals surface area contributed by atoms with Crippen molar-refractivity contribution >= 4 is 17.9 Å². The van der Waals surface area contributed by atoms with E-state index in [0.29, 0.717) is 19.3 Å². The molecule has 6 nitrogen and oxygen atoms in total. The number of carbonyl (C=O) groups is 3. The van der Waals surface area contributed by atoms with Crippen LogP contribution in [0.4, 0.5) is 0 Å². The third-order valence-corrected chi connectivity index (χ3v) is 9.79. The molecule has 0 fully saturated rings. The molecule has 0 aromatic carbocycles. The minimum Gasteiger partial charge on any atom is -0.462 e. The summed E-state index contributed by atoms with van der Waals surface area (Å²) in [6.45, 7) is 6.50. The second-order valence-electron chi connectivity index (χ2n) is 15.3. The fraction of sp³-hybridized carbons (Fsp3) is 0.776. The number of allylic oxidation sites excluding steroid dienone is 8. The zero-order valence-corrected chi connectivity index (χ0v) is 36.2. The van der Waals surface area contributed by atoms with E-state index >= 15 is 0 Å². The van der Waals surface area contributed by atoms with Crippen molar-refractivity contribution in [3.8, 4) is 0 Å². The van der Waals surface area contributed by atoms with Gasteiger partial charge >= 0.3 is 17.9 Å². The Morgan fingerprint density at radius 1 is 0.364 bits per heavy atom.